The van der Waals surface area contributed by atoms with Gasteiger partial charge in [-0.05, 0) is 44.6 Å². The Kier molecular flexibility index (Phi) is 8.26. The van der Waals surface area contributed by atoms with E-state index < -0.39 is 0 Å². The summed E-state index contributed by atoms with van der Waals surface area (Å²) in [4.78, 5) is 0. The average molecular weight is 172 g/mol. The molecule has 0 fully saturated rings. The van der Waals surface area contributed by atoms with Gasteiger partial charge in [0, 0.05) is 0 Å². The van der Waals surface area contributed by atoms with E-state index in [4.69, 9.17) is 0 Å². The van der Waals surface area contributed by atoms with E-state index >= 15 is 0 Å². The topological polar surface area (TPSA) is 0 Å². The van der Waals surface area contributed by atoms with Crippen LogP contribution in [-0.2, 0) is 0 Å². The fourth-order valence-electron chi connectivity index (χ4n) is 0.897. The van der Waals surface area contributed by atoms with Gasteiger partial charge in [0.2, 0.25) is 0 Å². The highest BCUT2D eigenvalue weighted by Crippen LogP contribution is 2.09. The molecule has 0 rings (SSSR count). The first kappa shape index (κ1) is 11.1. The maximum absolute atomic E-state index is 2.22. The minimum Gasteiger partial charge on any atom is -0.162 e. The number of rotatable bonds is 6. The molecule has 0 aromatic rings. The van der Waals surface area contributed by atoms with Gasteiger partial charge < -0.3 is 0 Å². The highest BCUT2D eigenvalue weighted by atomic mass is 32.2. The summed E-state index contributed by atoms with van der Waals surface area (Å²) in [7, 11) is 0. The highest BCUT2D eigenvalue weighted by molar-refractivity contribution is 7.99. The quantitative estimate of drug-likeness (QED) is 0.433. The van der Waals surface area contributed by atoms with E-state index in [2.05, 4.69) is 26.8 Å². The summed E-state index contributed by atoms with van der Waals surface area (Å²) >= 11 is 2.05. The Morgan fingerprint density at radius 2 is 2.09 bits per heavy atom. The monoisotopic (exact) mass is 172 g/mol. The van der Waals surface area contributed by atoms with Crippen molar-refractivity contribution in [3.8, 4) is 0 Å². The van der Waals surface area contributed by atoms with Crippen molar-refractivity contribution >= 4 is 11.8 Å². The smallest absolute Gasteiger partial charge is 0.00675 e. The molecule has 0 bridgehead atoms. The molecule has 0 saturated carbocycles. The molecule has 0 aliphatic carbocycles. The lowest BCUT2D eigenvalue weighted by molar-refractivity contribution is 0.793. The number of hydrogen-bond acceptors (Lipinski definition) is 1. The van der Waals surface area contributed by atoms with Crippen LogP contribution in [0.15, 0.2) is 11.6 Å². The zero-order valence-corrected chi connectivity index (χ0v) is 8.84. The standard InChI is InChI=1S/C10H20S/c1-4-10(3)8-6-7-9-11-5-2/h4H,5-9H2,1-3H3/b10-4+. The van der Waals surface area contributed by atoms with E-state index in [0.717, 1.165) is 0 Å². The summed E-state index contributed by atoms with van der Waals surface area (Å²) in [6, 6.07) is 0. The van der Waals surface area contributed by atoms with Gasteiger partial charge in [0.15, 0.2) is 0 Å². The Balaban J connectivity index is 3.02. The Labute approximate surface area is 75.5 Å². The average Bonchev–Trinajstić information content (AvgIpc) is 2.04. The van der Waals surface area contributed by atoms with E-state index in [-0.39, 0.29) is 0 Å². The molecule has 0 spiro atoms. The third kappa shape index (κ3) is 7.99. The van der Waals surface area contributed by atoms with Crippen molar-refractivity contribution in [1.29, 1.82) is 0 Å². The molecule has 0 aliphatic heterocycles. The van der Waals surface area contributed by atoms with Crippen molar-refractivity contribution in [2.75, 3.05) is 11.5 Å². The van der Waals surface area contributed by atoms with E-state index in [0.29, 0.717) is 0 Å². The van der Waals surface area contributed by atoms with Gasteiger partial charge in [0.05, 0.1) is 0 Å². The molecule has 0 aromatic carbocycles. The summed E-state index contributed by atoms with van der Waals surface area (Å²) in [5, 5.41) is 0. The van der Waals surface area contributed by atoms with Crippen LogP contribution in [0, 0.1) is 0 Å². The maximum Gasteiger partial charge on any atom is -0.00675 e. The van der Waals surface area contributed by atoms with Crippen molar-refractivity contribution in [2.45, 2.75) is 40.0 Å². The summed E-state index contributed by atoms with van der Waals surface area (Å²) in [6.07, 6.45) is 6.25. The minimum absolute atomic E-state index is 1.27. The molecule has 0 unspecified atom stereocenters. The normalized spacial score (nSPS) is 12.1. The van der Waals surface area contributed by atoms with Gasteiger partial charge in [-0.3, -0.25) is 0 Å². The van der Waals surface area contributed by atoms with Crippen LogP contribution in [0.3, 0.4) is 0 Å². The second-order valence-electron chi connectivity index (χ2n) is 2.79. The summed E-state index contributed by atoms with van der Waals surface area (Å²) in [5.74, 6) is 2.61. The molecule has 0 nitrogen and oxygen atoms in total. The van der Waals surface area contributed by atoms with Gasteiger partial charge in [0.1, 0.15) is 0 Å². The summed E-state index contributed by atoms with van der Waals surface area (Å²) in [6.45, 7) is 6.56. The third-order valence-corrected chi connectivity index (χ3v) is 2.79. The fraction of sp³-hybridized carbons (Fsp3) is 0.800. The molecular formula is C10H20S. The van der Waals surface area contributed by atoms with Crippen LogP contribution in [0.5, 0.6) is 0 Å². The van der Waals surface area contributed by atoms with Gasteiger partial charge >= 0.3 is 0 Å². The lowest BCUT2D eigenvalue weighted by Gasteiger charge is -1.99. The number of thioether (sulfide) groups is 1. The summed E-state index contributed by atoms with van der Waals surface area (Å²) in [5.41, 5.74) is 1.53. The van der Waals surface area contributed by atoms with Gasteiger partial charge in [-0.1, -0.05) is 18.6 Å². The van der Waals surface area contributed by atoms with Crippen molar-refractivity contribution in [3.63, 3.8) is 0 Å². The molecule has 11 heavy (non-hydrogen) atoms. The molecule has 0 amide bonds. The lowest BCUT2D eigenvalue weighted by atomic mass is 10.1. The van der Waals surface area contributed by atoms with Crippen LogP contribution in [0.1, 0.15) is 40.0 Å². The molecule has 1 heteroatoms. The zero-order valence-electron chi connectivity index (χ0n) is 8.02. The Morgan fingerprint density at radius 1 is 1.36 bits per heavy atom. The molecule has 0 heterocycles. The van der Waals surface area contributed by atoms with Gasteiger partial charge in [-0.15, -0.1) is 0 Å². The van der Waals surface area contributed by atoms with Gasteiger partial charge in [-0.25, -0.2) is 0 Å². The van der Waals surface area contributed by atoms with E-state index in [1.807, 2.05) is 11.8 Å². The second-order valence-corrected chi connectivity index (χ2v) is 4.18. The molecule has 0 N–H and O–H groups in total. The first-order valence-electron chi connectivity index (χ1n) is 4.50. The van der Waals surface area contributed by atoms with E-state index in [1.54, 1.807) is 0 Å². The molecule has 0 saturated heterocycles. The number of allylic oxidation sites excluding steroid dienone is 2. The highest BCUT2D eigenvalue weighted by Gasteiger charge is 1.89. The number of unbranched alkanes of at least 4 members (excludes halogenated alkanes) is 1. The first-order chi connectivity index (χ1) is 5.31. The Morgan fingerprint density at radius 3 is 2.64 bits per heavy atom. The largest absolute Gasteiger partial charge is 0.162 e. The lowest BCUT2D eigenvalue weighted by Crippen LogP contribution is -1.82. The minimum atomic E-state index is 1.27. The van der Waals surface area contributed by atoms with Crippen LogP contribution in [0.2, 0.25) is 0 Å². The van der Waals surface area contributed by atoms with Crippen LogP contribution in [-0.4, -0.2) is 11.5 Å². The van der Waals surface area contributed by atoms with Crippen molar-refractivity contribution < 1.29 is 0 Å². The van der Waals surface area contributed by atoms with Crippen LogP contribution < -0.4 is 0 Å². The van der Waals surface area contributed by atoms with Crippen LogP contribution >= 0.6 is 11.8 Å². The molecule has 66 valence electrons. The van der Waals surface area contributed by atoms with Gasteiger partial charge in [-0.2, -0.15) is 11.8 Å². The summed E-state index contributed by atoms with van der Waals surface area (Å²) < 4.78 is 0. The molecule has 0 aliphatic rings. The SMILES string of the molecule is C/C=C(\C)CCCCSCC. The Bertz CT molecular complexity index is 105. The molecule has 0 aromatic heterocycles. The van der Waals surface area contributed by atoms with Crippen molar-refractivity contribution in [1.82, 2.24) is 0 Å². The van der Waals surface area contributed by atoms with Crippen LogP contribution in [0.4, 0.5) is 0 Å². The fourth-order valence-corrected chi connectivity index (χ4v) is 1.59. The third-order valence-electron chi connectivity index (χ3n) is 1.81. The predicted molar refractivity (Wildman–Crippen MR) is 56.3 cm³/mol. The Hall–Kier alpha value is 0.0900. The van der Waals surface area contributed by atoms with E-state index in [1.165, 1.54) is 36.3 Å². The zero-order chi connectivity index (χ0) is 8.53. The second kappa shape index (κ2) is 8.19. The van der Waals surface area contributed by atoms with Crippen LogP contribution in [0.25, 0.3) is 0 Å². The van der Waals surface area contributed by atoms with E-state index in [9.17, 15) is 0 Å². The van der Waals surface area contributed by atoms with Crippen molar-refractivity contribution in [3.05, 3.63) is 11.6 Å². The molecule has 0 radical (unpaired) electrons. The predicted octanol–water partition coefficient (Wildman–Crippen LogP) is 3.88. The van der Waals surface area contributed by atoms with Crippen molar-refractivity contribution in [2.24, 2.45) is 0 Å². The van der Waals surface area contributed by atoms with Gasteiger partial charge in [0.25, 0.3) is 0 Å². The number of hydrogen-bond donors (Lipinski definition) is 0. The first-order valence-corrected chi connectivity index (χ1v) is 5.66. The maximum atomic E-state index is 2.22. The molecule has 0 atom stereocenters. The molecular weight excluding hydrogens is 152 g/mol.